The summed E-state index contributed by atoms with van der Waals surface area (Å²) in [5.41, 5.74) is 1.21. The zero-order valence-electron chi connectivity index (χ0n) is 14.6. The molecule has 0 unspecified atom stereocenters. The fraction of sp³-hybridized carbons (Fsp3) is 0.150. The molecule has 0 spiro atoms. The number of aryl methyl sites for hydroxylation is 1. The first-order valence-electron chi connectivity index (χ1n) is 8.56. The third-order valence-corrected chi connectivity index (χ3v) is 5.13. The Kier molecular flexibility index (Phi) is 4.60. The summed E-state index contributed by atoms with van der Waals surface area (Å²) in [5, 5.41) is 9.48. The van der Waals surface area contributed by atoms with Crippen LogP contribution in [0.4, 0.5) is 5.82 Å². The SMILES string of the molecule is CCc1ccc2oc(C(=O)Nc3ccnn3Cc3cccs3)cc(=O)c2c1. The standard InChI is InChI=1S/C20H17N3O3S/c1-2-13-5-6-17-15(10-13)16(24)11-18(26-17)20(25)22-19-7-8-21-23(19)12-14-4-3-9-27-14/h3-11H,2,12H2,1H3,(H,22,25). The van der Waals surface area contributed by atoms with Crippen LogP contribution >= 0.6 is 11.3 Å². The summed E-state index contributed by atoms with van der Waals surface area (Å²) in [6.07, 6.45) is 2.44. The van der Waals surface area contributed by atoms with Crippen molar-refractivity contribution in [3.05, 3.63) is 80.5 Å². The Hall–Kier alpha value is -3.19. The van der Waals surface area contributed by atoms with Crippen molar-refractivity contribution in [2.24, 2.45) is 0 Å². The summed E-state index contributed by atoms with van der Waals surface area (Å²) in [7, 11) is 0. The van der Waals surface area contributed by atoms with Gasteiger partial charge in [0.15, 0.2) is 11.2 Å². The average Bonchev–Trinajstić information content (AvgIpc) is 3.34. The molecule has 0 saturated carbocycles. The Balaban J connectivity index is 1.60. The molecule has 136 valence electrons. The first-order valence-corrected chi connectivity index (χ1v) is 9.44. The van der Waals surface area contributed by atoms with Crippen LogP contribution in [0.1, 0.15) is 27.9 Å². The number of nitrogens with zero attached hydrogens (tertiary/aromatic N) is 2. The number of aromatic nitrogens is 2. The molecular formula is C20H17N3O3S. The maximum atomic E-state index is 12.6. The highest BCUT2D eigenvalue weighted by atomic mass is 32.1. The van der Waals surface area contributed by atoms with E-state index in [1.54, 1.807) is 40.4 Å². The van der Waals surface area contributed by atoms with Gasteiger partial charge < -0.3 is 9.73 Å². The fourth-order valence-corrected chi connectivity index (χ4v) is 3.51. The van der Waals surface area contributed by atoms with Gasteiger partial charge in [0.2, 0.25) is 0 Å². The van der Waals surface area contributed by atoms with E-state index >= 15 is 0 Å². The smallest absolute Gasteiger partial charge is 0.292 e. The molecule has 0 bridgehead atoms. The van der Waals surface area contributed by atoms with Crippen LogP contribution in [0.3, 0.4) is 0 Å². The van der Waals surface area contributed by atoms with Crippen LogP contribution in [-0.4, -0.2) is 15.7 Å². The molecule has 1 aromatic carbocycles. The summed E-state index contributed by atoms with van der Waals surface area (Å²) < 4.78 is 7.35. The number of carbonyl (C=O) groups excluding carboxylic acids is 1. The maximum Gasteiger partial charge on any atom is 0.292 e. The predicted octanol–water partition coefficient (Wildman–Crippen LogP) is 3.91. The second kappa shape index (κ2) is 7.20. The zero-order chi connectivity index (χ0) is 18.8. The van der Waals surface area contributed by atoms with Crippen LogP contribution in [-0.2, 0) is 13.0 Å². The van der Waals surface area contributed by atoms with E-state index in [2.05, 4.69) is 10.4 Å². The molecule has 4 aromatic rings. The van der Waals surface area contributed by atoms with Crippen molar-refractivity contribution in [3.63, 3.8) is 0 Å². The molecular weight excluding hydrogens is 362 g/mol. The quantitative estimate of drug-likeness (QED) is 0.570. The van der Waals surface area contributed by atoms with E-state index in [9.17, 15) is 9.59 Å². The molecule has 0 aliphatic rings. The number of carbonyl (C=O) groups is 1. The van der Waals surface area contributed by atoms with E-state index in [1.165, 1.54) is 6.07 Å². The second-order valence-electron chi connectivity index (χ2n) is 6.07. The monoisotopic (exact) mass is 379 g/mol. The number of benzene rings is 1. The van der Waals surface area contributed by atoms with Crippen molar-refractivity contribution in [1.29, 1.82) is 0 Å². The van der Waals surface area contributed by atoms with Gasteiger partial charge in [-0.1, -0.05) is 19.1 Å². The summed E-state index contributed by atoms with van der Waals surface area (Å²) in [6, 6.07) is 12.3. The molecule has 0 aliphatic carbocycles. The zero-order valence-corrected chi connectivity index (χ0v) is 15.5. The minimum atomic E-state index is -0.485. The van der Waals surface area contributed by atoms with Gasteiger partial charge in [0, 0.05) is 17.0 Å². The van der Waals surface area contributed by atoms with Gasteiger partial charge in [-0.15, -0.1) is 11.3 Å². The molecule has 1 N–H and O–H groups in total. The number of fused-ring (bicyclic) bond motifs is 1. The first kappa shape index (κ1) is 17.2. The fourth-order valence-electron chi connectivity index (χ4n) is 2.83. The van der Waals surface area contributed by atoms with Crippen molar-refractivity contribution in [3.8, 4) is 0 Å². The Morgan fingerprint density at radius 2 is 2.15 bits per heavy atom. The summed E-state index contributed by atoms with van der Waals surface area (Å²) in [4.78, 5) is 26.1. The number of thiophene rings is 1. The molecule has 0 fully saturated rings. The number of anilines is 1. The third kappa shape index (κ3) is 3.54. The predicted molar refractivity (Wildman–Crippen MR) is 105 cm³/mol. The number of nitrogens with one attached hydrogen (secondary N) is 1. The highest BCUT2D eigenvalue weighted by Crippen LogP contribution is 2.18. The topological polar surface area (TPSA) is 77.1 Å². The molecule has 4 rings (SSSR count). The Morgan fingerprint density at radius 1 is 1.26 bits per heavy atom. The highest BCUT2D eigenvalue weighted by Gasteiger charge is 2.15. The third-order valence-electron chi connectivity index (χ3n) is 4.27. The van der Waals surface area contributed by atoms with Crippen LogP contribution in [0.5, 0.6) is 0 Å². The van der Waals surface area contributed by atoms with Gasteiger partial charge in [0.05, 0.1) is 18.1 Å². The van der Waals surface area contributed by atoms with Gasteiger partial charge in [-0.25, -0.2) is 4.68 Å². The van der Waals surface area contributed by atoms with Gasteiger partial charge in [-0.3, -0.25) is 9.59 Å². The molecule has 0 aliphatic heterocycles. The van der Waals surface area contributed by atoms with Crippen molar-refractivity contribution < 1.29 is 9.21 Å². The van der Waals surface area contributed by atoms with Crippen molar-refractivity contribution in [2.75, 3.05) is 5.32 Å². The van der Waals surface area contributed by atoms with E-state index in [0.717, 1.165) is 16.9 Å². The molecule has 3 aromatic heterocycles. The second-order valence-corrected chi connectivity index (χ2v) is 7.10. The minimum absolute atomic E-state index is 0.0272. The largest absolute Gasteiger partial charge is 0.451 e. The molecule has 0 saturated heterocycles. The normalized spacial score (nSPS) is 11.0. The summed E-state index contributed by atoms with van der Waals surface area (Å²) in [5.74, 6) is 0.0274. The number of hydrogen-bond acceptors (Lipinski definition) is 5. The lowest BCUT2D eigenvalue weighted by atomic mass is 10.1. The van der Waals surface area contributed by atoms with E-state index in [-0.39, 0.29) is 11.2 Å². The van der Waals surface area contributed by atoms with Crippen LogP contribution in [0.25, 0.3) is 11.0 Å². The molecule has 3 heterocycles. The van der Waals surface area contributed by atoms with E-state index < -0.39 is 5.91 Å². The lowest BCUT2D eigenvalue weighted by molar-refractivity contribution is 0.0996. The van der Waals surface area contributed by atoms with E-state index in [1.807, 2.05) is 30.5 Å². The van der Waals surface area contributed by atoms with Gasteiger partial charge in [-0.2, -0.15) is 5.10 Å². The van der Waals surface area contributed by atoms with E-state index in [0.29, 0.717) is 23.3 Å². The van der Waals surface area contributed by atoms with Crippen LogP contribution in [0, 0.1) is 0 Å². The van der Waals surface area contributed by atoms with Crippen LogP contribution in [0.15, 0.2) is 63.3 Å². The molecule has 1 amide bonds. The molecule has 0 radical (unpaired) electrons. The molecule has 27 heavy (non-hydrogen) atoms. The number of rotatable bonds is 5. The Morgan fingerprint density at radius 3 is 2.93 bits per heavy atom. The lowest BCUT2D eigenvalue weighted by Gasteiger charge is -2.08. The number of amides is 1. The van der Waals surface area contributed by atoms with E-state index in [4.69, 9.17) is 4.42 Å². The molecule has 6 nitrogen and oxygen atoms in total. The van der Waals surface area contributed by atoms with Gasteiger partial charge in [0.1, 0.15) is 11.4 Å². The Bertz CT molecular complexity index is 1160. The van der Waals surface area contributed by atoms with Crippen LogP contribution in [0.2, 0.25) is 0 Å². The summed E-state index contributed by atoms with van der Waals surface area (Å²) in [6.45, 7) is 2.58. The summed E-state index contributed by atoms with van der Waals surface area (Å²) >= 11 is 1.62. The Labute approximate surface area is 159 Å². The van der Waals surface area contributed by atoms with Gasteiger partial charge in [0.25, 0.3) is 5.91 Å². The van der Waals surface area contributed by atoms with Crippen molar-refractivity contribution in [1.82, 2.24) is 9.78 Å². The van der Waals surface area contributed by atoms with Gasteiger partial charge >= 0.3 is 0 Å². The number of hydrogen-bond donors (Lipinski definition) is 1. The van der Waals surface area contributed by atoms with Crippen molar-refractivity contribution in [2.45, 2.75) is 19.9 Å². The first-order chi connectivity index (χ1) is 13.1. The lowest BCUT2D eigenvalue weighted by Crippen LogP contribution is -2.18. The molecule has 0 atom stereocenters. The van der Waals surface area contributed by atoms with Crippen LogP contribution < -0.4 is 10.7 Å². The molecule has 7 heteroatoms. The maximum absolute atomic E-state index is 12.6. The average molecular weight is 379 g/mol. The van der Waals surface area contributed by atoms with Crippen molar-refractivity contribution >= 4 is 34.0 Å². The minimum Gasteiger partial charge on any atom is -0.451 e. The van der Waals surface area contributed by atoms with Gasteiger partial charge in [-0.05, 0) is 35.6 Å². The highest BCUT2D eigenvalue weighted by molar-refractivity contribution is 7.09.